The first-order valence-electron chi connectivity index (χ1n) is 8.29. The number of halogens is 3. The van der Waals surface area contributed by atoms with Gasteiger partial charge in [0.05, 0.1) is 12.7 Å². The van der Waals surface area contributed by atoms with Gasteiger partial charge in [0.15, 0.2) is 8.24 Å². The number of methoxy groups -OCH3 is 1. The summed E-state index contributed by atoms with van der Waals surface area (Å²) in [6.45, 7) is 5.29. The van der Waals surface area contributed by atoms with Gasteiger partial charge in [-0.15, -0.1) is 0 Å². The summed E-state index contributed by atoms with van der Waals surface area (Å²) in [5.74, 6) is -1.28. The van der Waals surface area contributed by atoms with E-state index in [2.05, 4.69) is 4.74 Å². The third-order valence-electron chi connectivity index (χ3n) is 4.19. The first-order valence-corrected chi connectivity index (χ1v) is 11.7. The zero-order valence-electron chi connectivity index (χ0n) is 15.5. The van der Waals surface area contributed by atoms with E-state index < -0.39 is 43.9 Å². The van der Waals surface area contributed by atoms with Gasteiger partial charge in [-0.05, 0) is 24.6 Å². The Hall–Kier alpha value is -2.36. The zero-order chi connectivity index (χ0) is 20.6. The number of likely N-dealkylation sites (tertiary alicyclic amines) is 1. The Labute approximate surface area is 156 Å². The number of benzene rings is 1. The van der Waals surface area contributed by atoms with Crippen LogP contribution in [0.15, 0.2) is 24.3 Å². The van der Waals surface area contributed by atoms with Crippen molar-refractivity contribution in [2.45, 2.75) is 44.7 Å². The SMILES string of the molecule is COC(=O)C1CCC(=O)N1C(=O)N(c1cccc(C(F)(F)F)c1)[Si](C)(C)C. The molecular formula is C17H21F3N2O4Si. The molecule has 1 saturated heterocycles. The molecule has 1 atom stereocenters. The fourth-order valence-electron chi connectivity index (χ4n) is 3.00. The number of alkyl halides is 3. The highest BCUT2D eigenvalue weighted by Crippen LogP contribution is 2.34. The van der Waals surface area contributed by atoms with Crippen LogP contribution >= 0.6 is 0 Å². The number of anilines is 1. The Kier molecular flexibility index (Phi) is 5.69. The number of carbonyl (C=O) groups is 3. The number of urea groups is 1. The van der Waals surface area contributed by atoms with Crippen LogP contribution in [0, 0.1) is 0 Å². The van der Waals surface area contributed by atoms with Gasteiger partial charge >= 0.3 is 18.2 Å². The lowest BCUT2D eigenvalue weighted by Crippen LogP contribution is -2.58. The number of nitrogens with zero attached hydrogens (tertiary/aromatic N) is 2. The second kappa shape index (κ2) is 7.33. The molecule has 0 aliphatic carbocycles. The number of amides is 3. The van der Waals surface area contributed by atoms with Crippen molar-refractivity contribution < 1.29 is 32.3 Å². The van der Waals surface area contributed by atoms with Gasteiger partial charge in [-0.25, -0.2) is 9.59 Å². The van der Waals surface area contributed by atoms with E-state index in [-0.39, 0.29) is 18.5 Å². The average molecular weight is 402 g/mol. The van der Waals surface area contributed by atoms with Crippen molar-refractivity contribution in [3.05, 3.63) is 29.8 Å². The van der Waals surface area contributed by atoms with Gasteiger partial charge in [-0.2, -0.15) is 13.2 Å². The molecule has 1 fully saturated rings. The normalized spacial score (nSPS) is 17.8. The fraction of sp³-hybridized carbons (Fsp3) is 0.471. The van der Waals surface area contributed by atoms with Gasteiger partial charge in [-0.3, -0.25) is 9.69 Å². The predicted molar refractivity (Wildman–Crippen MR) is 94.5 cm³/mol. The van der Waals surface area contributed by atoms with Crippen LogP contribution < -0.4 is 4.57 Å². The Morgan fingerprint density at radius 3 is 2.41 bits per heavy atom. The molecule has 10 heteroatoms. The first-order chi connectivity index (χ1) is 12.4. The molecule has 1 aliphatic rings. The van der Waals surface area contributed by atoms with Gasteiger partial charge in [0.2, 0.25) is 5.91 Å². The molecule has 1 aromatic carbocycles. The Morgan fingerprint density at radius 1 is 1.26 bits per heavy atom. The Morgan fingerprint density at radius 2 is 1.89 bits per heavy atom. The smallest absolute Gasteiger partial charge is 0.416 e. The number of esters is 1. The third kappa shape index (κ3) is 4.32. The second-order valence-electron chi connectivity index (χ2n) is 7.18. The van der Waals surface area contributed by atoms with E-state index >= 15 is 0 Å². The maximum absolute atomic E-state index is 13.2. The van der Waals surface area contributed by atoms with Crippen molar-refractivity contribution in [3.63, 3.8) is 0 Å². The molecule has 1 aliphatic heterocycles. The monoisotopic (exact) mass is 402 g/mol. The minimum atomic E-state index is -4.57. The second-order valence-corrected chi connectivity index (χ2v) is 12.0. The lowest BCUT2D eigenvalue weighted by atomic mass is 10.2. The molecule has 0 aromatic heterocycles. The quantitative estimate of drug-likeness (QED) is 0.572. The molecule has 1 heterocycles. The minimum Gasteiger partial charge on any atom is -0.467 e. The molecule has 0 saturated carbocycles. The number of ether oxygens (including phenoxy) is 1. The molecule has 0 spiro atoms. The summed E-state index contributed by atoms with van der Waals surface area (Å²) < 4.78 is 45.1. The maximum atomic E-state index is 13.2. The summed E-state index contributed by atoms with van der Waals surface area (Å²) in [7, 11) is -1.42. The standard InChI is InChI=1S/C17H21F3N2O4Si/c1-26-15(24)13-8-9-14(23)21(13)16(25)22(27(2,3)4)12-7-5-6-11(10-12)17(18,19)20/h5-7,10,13H,8-9H2,1-4H3. The van der Waals surface area contributed by atoms with E-state index in [4.69, 9.17) is 0 Å². The molecule has 0 bridgehead atoms. The molecule has 1 aromatic rings. The molecule has 0 radical (unpaired) electrons. The van der Waals surface area contributed by atoms with E-state index in [0.29, 0.717) is 0 Å². The number of carbonyl (C=O) groups excluding carboxylic acids is 3. The summed E-state index contributed by atoms with van der Waals surface area (Å²) in [6, 6.07) is 2.52. The maximum Gasteiger partial charge on any atom is 0.416 e. The Balaban J connectivity index is 2.50. The first kappa shape index (κ1) is 20.9. The van der Waals surface area contributed by atoms with E-state index in [1.165, 1.54) is 16.7 Å². The number of imide groups is 1. The molecule has 1 unspecified atom stereocenters. The third-order valence-corrected chi connectivity index (χ3v) is 5.98. The summed E-state index contributed by atoms with van der Waals surface area (Å²) in [5.41, 5.74) is -0.856. The van der Waals surface area contributed by atoms with Crippen molar-refractivity contribution in [1.82, 2.24) is 4.90 Å². The number of hydrogen-bond donors (Lipinski definition) is 0. The van der Waals surface area contributed by atoms with Crippen LogP contribution in [0.2, 0.25) is 19.6 Å². The van der Waals surface area contributed by atoms with Crippen molar-refractivity contribution >= 4 is 31.8 Å². The molecule has 148 valence electrons. The minimum absolute atomic E-state index is 0.00631. The van der Waals surface area contributed by atoms with Gasteiger partial charge in [0.1, 0.15) is 6.04 Å². The van der Waals surface area contributed by atoms with E-state index in [0.717, 1.165) is 24.1 Å². The zero-order valence-corrected chi connectivity index (χ0v) is 16.5. The number of hydrogen-bond acceptors (Lipinski definition) is 4. The van der Waals surface area contributed by atoms with Crippen LogP contribution in [0.1, 0.15) is 18.4 Å². The van der Waals surface area contributed by atoms with E-state index in [1.54, 1.807) is 19.6 Å². The van der Waals surface area contributed by atoms with E-state index in [9.17, 15) is 27.6 Å². The fourth-order valence-corrected chi connectivity index (χ4v) is 4.59. The summed E-state index contributed by atoms with van der Waals surface area (Å²) in [5, 5.41) is 0. The summed E-state index contributed by atoms with van der Waals surface area (Å²) in [6.07, 6.45) is -4.45. The van der Waals surface area contributed by atoms with Crippen molar-refractivity contribution in [2.24, 2.45) is 0 Å². The van der Waals surface area contributed by atoms with Gasteiger partial charge in [0.25, 0.3) is 0 Å². The highest BCUT2D eigenvalue weighted by Gasteiger charge is 2.45. The topological polar surface area (TPSA) is 66.9 Å². The number of rotatable bonds is 3. The van der Waals surface area contributed by atoms with Gasteiger partial charge in [0, 0.05) is 12.1 Å². The summed E-state index contributed by atoms with van der Waals surface area (Å²) >= 11 is 0. The lowest BCUT2D eigenvalue weighted by Gasteiger charge is -2.38. The summed E-state index contributed by atoms with van der Waals surface area (Å²) in [4.78, 5) is 38.2. The molecule has 6 nitrogen and oxygen atoms in total. The molecule has 3 amide bonds. The van der Waals surface area contributed by atoms with Gasteiger partial charge < -0.3 is 9.30 Å². The van der Waals surface area contributed by atoms with Crippen LogP contribution in [0.25, 0.3) is 0 Å². The van der Waals surface area contributed by atoms with Crippen LogP contribution in [-0.4, -0.2) is 44.2 Å². The predicted octanol–water partition coefficient (Wildman–Crippen LogP) is 3.63. The van der Waals surface area contributed by atoms with Crippen molar-refractivity contribution in [1.29, 1.82) is 0 Å². The van der Waals surface area contributed by atoms with Crippen LogP contribution in [0.4, 0.5) is 23.7 Å². The lowest BCUT2D eigenvalue weighted by molar-refractivity contribution is -0.147. The highest BCUT2D eigenvalue weighted by molar-refractivity contribution is 6.83. The van der Waals surface area contributed by atoms with Crippen molar-refractivity contribution in [3.8, 4) is 0 Å². The largest absolute Gasteiger partial charge is 0.467 e. The van der Waals surface area contributed by atoms with Gasteiger partial charge in [-0.1, -0.05) is 25.7 Å². The molecule has 0 N–H and O–H groups in total. The Bertz CT molecular complexity index is 761. The van der Waals surface area contributed by atoms with Crippen molar-refractivity contribution in [2.75, 3.05) is 11.7 Å². The van der Waals surface area contributed by atoms with Crippen LogP contribution in [0.3, 0.4) is 0 Å². The molecule has 2 rings (SSSR count). The average Bonchev–Trinajstić information content (AvgIpc) is 2.94. The van der Waals surface area contributed by atoms with Crippen LogP contribution in [-0.2, 0) is 20.5 Å². The van der Waals surface area contributed by atoms with E-state index in [1.807, 2.05) is 0 Å². The van der Waals surface area contributed by atoms with Crippen LogP contribution in [0.5, 0.6) is 0 Å². The molecular weight excluding hydrogens is 381 g/mol. The highest BCUT2D eigenvalue weighted by atomic mass is 28.3. The molecule has 27 heavy (non-hydrogen) atoms.